The van der Waals surface area contributed by atoms with Crippen molar-refractivity contribution >= 4 is 11.5 Å². The number of hydrogen-bond donors (Lipinski definition) is 0. The Morgan fingerprint density at radius 2 is 2.05 bits per heavy atom. The first-order valence-corrected chi connectivity index (χ1v) is 7.06. The first-order chi connectivity index (χ1) is 9.58. The van der Waals surface area contributed by atoms with Crippen LogP contribution < -0.4 is 0 Å². The second-order valence-corrected chi connectivity index (χ2v) is 5.33. The van der Waals surface area contributed by atoms with E-state index in [4.69, 9.17) is 0 Å². The summed E-state index contributed by atoms with van der Waals surface area (Å²) in [6.07, 6.45) is 4.04. The predicted molar refractivity (Wildman–Crippen MR) is 76.7 cm³/mol. The summed E-state index contributed by atoms with van der Waals surface area (Å²) in [6, 6.07) is 6.72. The van der Waals surface area contributed by atoms with Gasteiger partial charge < -0.3 is 0 Å². The quantitative estimate of drug-likeness (QED) is 0.612. The van der Waals surface area contributed by atoms with Crippen molar-refractivity contribution in [3.8, 4) is 0 Å². The average Bonchev–Trinajstić information content (AvgIpc) is 2.45. The van der Waals surface area contributed by atoms with Crippen LogP contribution in [0.15, 0.2) is 24.3 Å². The number of nitrogens with zero attached hydrogens (tertiary/aromatic N) is 2. The van der Waals surface area contributed by atoms with Crippen molar-refractivity contribution in [3.05, 3.63) is 39.9 Å². The number of piperidine rings is 1. The molecule has 0 amide bonds. The fourth-order valence-electron chi connectivity index (χ4n) is 2.78. The zero-order valence-electron chi connectivity index (χ0n) is 11.7. The number of carbonyl (C=O) groups excluding carboxylic acids is 1. The van der Waals surface area contributed by atoms with Gasteiger partial charge in [0.25, 0.3) is 5.69 Å². The van der Waals surface area contributed by atoms with Gasteiger partial charge in [-0.05, 0) is 38.3 Å². The molecule has 0 aromatic heterocycles. The minimum atomic E-state index is -0.389. The van der Waals surface area contributed by atoms with E-state index >= 15 is 0 Å². The smallest absolute Gasteiger partial charge is 0.269 e. The summed E-state index contributed by atoms with van der Waals surface area (Å²) in [6.45, 7) is 3.47. The molecule has 0 radical (unpaired) electrons. The van der Waals surface area contributed by atoms with Crippen LogP contribution in [0.2, 0.25) is 0 Å². The van der Waals surface area contributed by atoms with E-state index in [1.54, 1.807) is 19.1 Å². The highest BCUT2D eigenvalue weighted by Crippen LogP contribution is 2.19. The van der Waals surface area contributed by atoms with Gasteiger partial charge in [-0.15, -0.1) is 0 Å². The number of hydrogen-bond acceptors (Lipinski definition) is 4. The topological polar surface area (TPSA) is 63.5 Å². The van der Waals surface area contributed by atoms with E-state index in [1.807, 2.05) is 0 Å². The van der Waals surface area contributed by atoms with Crippen LogP contribution >= 0.6 is 0 Å². The molecule has 1 atom stereocenters. The molecule has 1 fully saturated rings. The van der Waals surface area contributed by atoms with Crippen LogP contribution in [0.4, 0.5) is 5.69 Å². The number of benzene rings is 1. The standard InChI is InChI=1S/C15H20N2O3/c1-12(18)15-4-2-3-10-16(15)11-9-13-5-7-14(8-6-13)17(19)20/h5-8,15H,2-4,9-11H2,1H3. The number of carbonyl (C=O) groups is 1. The third-order valence-electron chi connectivity index (χ3n) is 3.92. The highest BCUT2D eigenvalue weighted by atomic mass is 16.6. The van der Waals surface area contributed by atoms with Crippen molar-refractivity contribution in [1.29, 1.82) is 0 Å². The molecule has 2 rings (SSSR count). The number of nitro benzene ring substituents is 1. The molecule has 0 aliphatic carbocycles. The molecule has 0 saturated carbocycles. The van der Waals surface area contributed by atoms with Gasteiger partial charge in [0, 0.05) is 18.7 Å². The molecule has 5 heteroatoms. The largest absolute Gasteiger partial charge is 0.298 e. The molecule has 5 nitrogen and oxygen atoms in total. The number of likely N-dealkylation sites (tertiary alicyclic amines) is 1. The average molecular weight is 276 g/mol. The molecule has 108 valence electrons. The first-order valence-electron chi connectivity index (χ1n) is 7.06. The highest BCUT2D eigenvalue weighted by Gasteiger charge is 2.25. The van der Waals surface area contributed by atoms with Crippen LogP contribution in [0.3, 0.4) is 0 Å². The second-order valence-electron chi connectivity index (χ2n) is 5.33. The maximum absolute atomic E-state index is 11.6. The number of Topliss-reactive ketones (excluding diaryl/α,β-unsaturated/α-hetero) is 1. The molecule has 1 aliphatic heterocycles. The van der Waals surface area contributed by atoms with Gasteiger partial charge in [0.2, 0.25) is 0 Å². The summed E-state index contributed by atoms with van der Waals surface area (Å²) in [5, 5.41) is 10.6. The fourth-order valence-corrected chi connectivity index (χ4v) is 2.78. The van der Waals surface area contributed by atoms with Crippen LogP contribution in [-0.2, 0) is 11.2 Å². The lowest BCUT2D eigenvalue weighted by Gasteiger charge is -2.34. The molecule has 1 aromatic rings. The van der Waals surface area contributed by atoms with Gasteiger partial charge in [-0.3, -0.25) is 19.8 Å². The fraction of sp³-hybridized carbons (Fsp3) is 0.533. The molecule has 1 aliphatic rings. The Labute approximate surface area is 118 Å². The molecule has 1 saturated heterocycles. The summed E-state index contributed by atoms with van der Waals surface area (Å²) >= 11 is 0. The van der Waals surface area contributed by atoms with Crippen LogP contribution in [0, 0.1) is 10.1 Å². The molecule has 1 aromatic carbocycles. The lowest BCUT2D eigenvalue weighted by atomic mass is 9.98. The van der Waals surface area contributed by atoms with Crippen molar-refractivity contribution in [2.45, 2.75) is 38.6 Å². The Morgan fingerprint density at radius 3 is 2.65 bits per heavy atom. The molecule has 0 bridgehead atoms. The van der Waals surface area contributed by atoms with E-state index in [1.165, 1.54) is 12.1 Å². The normalized spacial score (nSPS) is 19.8. The Balaban J connectivity index is 1.93. The summed E-state index contributed by atoms with van der Waals surface area (Å²) in [4.78, 5) is 24.1. The minimum absolute atomic E-state index is 0.0572. The summed E-state index contributed by atoms with van der Waals surface area (Å²) in [5.74, 6) is 0.244. The van der Waals surface area contributed by atoms with Crippen LogP contribution in [0.25, 0.3) is 0 Å². The zero-order valence-corrected chi connectivity index (χ0v) is 11.7. The van der Waals surface area contributed by atoms with E-state index in [0.717, 1.165) is 44.3 Å². The number of nitro groups is 1. The summed E-state index contributed by atoms with van der Waals surface area (Å²) in [7, 11) is 0. The van der Waals surface area contributed by atoms with Crippen LogP contribution in [0.5, 0.6) is 0 Å². The first kappa shape index (κ1) is 14.7. The molecule has 0 N–H and O–H groups in total. The van der Waals surface area contributed by atoms with Crippen LogP contribution in [0.1, 0.15) is 31.7 Å². The van der Waals surface area contributed by atoms with Gasteiger partial charge in [0.05, 0.1) is 11.0 Å². The van der Waals surface area contributed by atoms with Gasteiger partial charge in [-0.25, -0.2) is 0 Å². The Bertz CT molecular complexity index is 484. The Morgan fingerprint density at radius 1 is 1.35 bits per heavy atom. The molecule has 20 heavy (non-hydrogen) atoms. The highest BCUT2D eigenvalue weighted by molar-refractivity contribution is 5.81. The summed E-state index contributed by atoms with van der Waals surface area (Å²) < 4.78 is 0. The van der Waals surface area contributed by atoms with E-state index in [9.17, 15) is 14.9 Å². The van der Waals surface area contributed by atoms with Crippen molar-refractivity contribution in [2.24, 2.45) is 0 Å². The van der Waals surface area contributed by atoms with Gasteiger partial charge in [-0.1, -0.05) is 18.6 Å². The van der Waals surface area contributed by atoms with E-state index in [0.29, 0.717) is 0 Å². The van der Waals surface area contributed by atoms with Gasteiger partial charge in [0.15, 0.2) is 0 Å². The molecule has 1 unspecified atom stereocenters. The Hall–Kier alpha value is -1.75. The monoisotopic (exact) mass is 276 g/mol. The SMILES string of the molecule is CC(=O)C1CCCCN1CCc1ccc([N+](=O)[O-])cc1. The lowest BCUT2D eigenvalue weighted by molar-refractivity contribution is -0.384. The minimum Gasteiger partial charge on any atom is -0.298 e. The van der Waals surface area contributed by atoms with E-state index < -0.39 is 0 Å². The number of ketones is 1. The van der Waals surface area contributed by atoms with Gasteiger partial charge in [-0.2, -0.15) is 0 Å². The molecule has 1 heterocycles. The molecular weight excluding hydrogens is 256 g/mol. The van der Waals surface area contributed by atoms with Gasteiger partial charge >= 0.3 is 0 Å². The molecule has 0 spiro atoms. The number of rotatable bonds is 5. The maximum atomic E-state index is 11.6. The third-order valence-corrected chi connectivity index (χ3v) is 3.92. The lowest BCUT2D eigenvalue weighted by Crippen LogP contribution is -2.44. The predicted octanol–water partition coefficient (Wildman–Crippen LogP) is 2.58. The Kier molecular flexibility index (Phi) is 4.84. The maximum Gasteiger partial charge on any atom is 0.269 e. The molecular formula is C15H20N2O3. The van der Waals surface area contributed by atoms with Gasteiger partial charge in [0.1, 0.15) is 5.78 Å². The second kappa shape index (κ2) is 6.61. The van der Waals surface area contributed by atoms with E-state index in [-0.39, 0.29) is 22.4 Å². The van der Waals surface area contributed by atoms with Crippen LogP contribution in [-0.4, -0.2) is 34.7 Å². The van der Waals surface area contributed by atoms with Crippen molar-refractivity contribution in [3.63, 3.8) is 0 Å². The summed E-state index contributed by atoms with van der Waals surface area (Å²) in [5.41, 5.74) is 1.19. The van der Waals surface area contributed by atoms with Crippen molar-refractivity contribution < 1.29 is 9.72 Å². The van der Waals surface area contributed by atoms with Crippen molar-refractivity contribution in [2.75, 3.05) is 13.1 Å². The third kappa shape index (κ3) is 3.63. The zero-order chi connectivity index (χ0) is 14.5. The number of non-ortho nitro benzene ring substituents is 1. The van der Waals surface area contributed by atoms with E-state index in [2.05, 4.69) is 4.90 Å². The van der Waals surface area contributed by atoms with Crippen molar-refractivity contribution in [1.82, 2.24) is 4.90 Å².